The summed E-state index contributed by atoms with van der Waals surface area (Å²) in [6.07, 6.45) is 4.18. The van der Waals surface area contributed by atoms with Gasteiger partial charge in [0, 0.05) is 37.1 Å². The predicted octanol–water partition coefficient (Wildman–Crippen LogP) is 3.26. The van der Waals surface area contributed by atoms with E-state index >= 15 is 0 Å². The molecule has 1 aromatic carbocycles. The number of methoxy groups -OCH3 is 1. The molecule has 3 rings (SSSR count). The smallest absolute Gasteiger partial charge is 0.270 e. The third kappa shape index (κ3) is 4.29. The first-order valence-electron chi connectivity index (χ1n) is 8.78. The molecule has 132 valence electrons. The molecular formula is C20H25N3O2. The lowest BCUT2D eigenvalue weighted by Gasteiger charge is -2.32. The van der Waals surface area contributed by atoms with Gasteiger partial charge in [0.25, 0.3) is 5.91 Å². The van der Waals surface area contributed by atoms with Crippen LogP contribution in [0.25, 0.3) is 0 Å². The molecule has 0 spiro atoms. The highest BCUT2D eigenvalue weighted by Crippen LogP contribution is 2.23. The van der Waals surface area contributed by atoms with Crippen molar-refractivity contribution in [2.24, 2.45) is 5.92 Å². The van der Waals surface area contributed by atoms with Crippen LogP contribution in [0.5, 0.6) is 5.75 Å². The van der Waals surface area contributed by atoms with Gasteiger partial charge < -0.3 is 15.0 Å². The highest BCUT2D eigenvalue weighted by Gasteiger charge is 2.18. The molecule has 1 aliphatic rings. The minimum absolute atomic E-state index is 0.169. The van der Waals surface area contributed by atoms with Gasteiger partial charge in [-0.15, -0.1) is 0 Å². The number of aromatic nitrogens is 1. The van der Waals surface area contributed by atoms with Crippen molar-refractivity contribution in [2.45, 2.75) is 26.3 Å². The van der Waals surface area contributed by atoms with Crippen LogP contribution in [0, 0.1) is 5.92 Å². The molecule has 2 aromatic rings. The van der Waals surface area contributed by atoms with E-state index in [2.05, 4.69) is 22.1 Å². The molecular weight excluding hydrogens is 314 g/mol. The molecule has 1 N–H and O–H groups in total. The van der Waals surface area contributed by atoms with Gasteiger partial charge in [-0.3, -0.25) is 9.78 Å². The number of pyridine rings is 1. The zero-order valence-corrected chi connectivity index (χ0v) is 14.9. The van der Waals surface area contributed by atoms with Crippen molar-refractivity contribution in [2.75, 3.05) is 25.1 Å². The third-order valence-corrected chi connectivity index (χ3v) is 4.63. The molecule has 1 aliphatic heterocycles. The van der Waals surface area contributed by atoms with Crippen molar-refractivity contribution in [1.29, 1.82) is 0 Å². The zero-order valence-electron chi connectivity index (χ0n) is 14.9. The Kier molecular flexibility index (Phi) is 5.53. The largest absolute Gasteiger partial charge is 0.496 e. The minimum Gasteiger partial charge on any atom is -0.496 e. The maximum atomic E-state index is 12.5. The lowest BCUT2D eigenvalue weighted by Crippen LogP contribution is -2.34. The van der Waals surface area contributed by atoms with Gasteiger partial charge >= 0.3 is 0 Å². The lowest BCUT2D eigenvalue weighted by atomic mass is 10.00. The molecule has 0 bridgehead atoms. The Labute approximate surface area is 149 Å². The van der Waals surface area contributed by atoms with Gasteiger partial charge in [-0.2, -0.15) is 0 Å². The van der Waals surface area contributed by atoms with E-state index in [0.717, 1.165) is 30.1 Å². The quantitative estimate of drug-likeness (QED) is 0.908. The Morgan fingerprint density at radius 2 is 2.20 bits per heavy atom. The number of carbonyl (C=O) groups is 1. The maximum Gasteiger partial charge on any atom is 0.270 e. The standard InChI is InChI=1S/C20H25N3O2/c1-15-6-5-11-23(14-15)17-9-10-21-18(12-17)20(24)22-13-16-7-3-4-8-19(16)25-2/h3-4,7-10,12,15H,5-6,11,13-14H2,1-2H3,(H,22,24). The molecule has 5 heteroatoms. The van der Waals surface area contributed by atoms with E-state index in [-0.39, 0.29) is 5.91 Å². The van der Waals surface area contributed by atoms with Crippen LogP contribution in [0.4, 0.5) is 5.69 Å². The van der Waals surface area contributed by atoms with Crippen molar-refractivity contribution < 1.29 is 9.53 Å². The summed E-state index contributed by atoms with van der Waals surface area (Å²) < 4.78 is 5.32. The molecule has 25 heavy (non-hydrogen) atoms. The summed E-state index contributed by atoms with van der Waals surface area (Å²) in [4.78, 5) is 19.1. The monoisotopic (exact) mass is 339 g/mol. The Morgan fingerprint density at radius 1 is 1.36 bits per heavy atom. The van der Waals surface area contributed by atoms with E-state index in [0.29, 0.717) is 18.2 Å². The van der Waals surface area contributed by atoms with Crippen molar-refractivity contribution in [3.05, 3.63) is 53.9 Å². The molecule has 2 heterocycles. The number of amides is 1. The van der Waals surface area contributed by atoms with Crippen molar-refractivity contribution >= 4 is 11.6 Å². The normalized spacial score (nSPS) is 17.2. The minimum atomic E-state index is -0.169. The van der Waals surface area contributed by atoms with E-state index in [4.69, 9.17) is 4.74 Å². The van der Waals surface area contributed by atoms with Gasteiger partial charge in [-0.25, -0.2) is 0 Å². The molecule has 0 saturated carbocycles. The summed E-state index contributed by atoms with van der Waals surface area (Å²) in [5, 5.41) is 2.93. The molecule has 0 aliphatic carbocycles. The van der Waals surface area contributed by atoms with Gasteiger partial charge in [0.15, 0.2) is 0 Å². The second-order valence-electron chi connectivity index (χ2n) is 6.59. The fourth-order valence-electron chi connectivity index (χ4n) is 3.28. The molecule has 1 saturated heterocycles. The number of ether oxygens (including phenoxy) is 1. The van der Waals surface area contributed by atoms with Crippen LogP contribution in [-0.2, 0) is 6.54 Å². The number of para-hydroxylation sites is 1. The first kappa shape index (κ1) is 17.3. The SMILES string of the molecule is COc1ccccc1CNC(=O)c1cc(N2CCCC(C)C2)ccn1. The first-order valence-corrected chi connectivity index (χ1v) is 8.78. The van der Waals surface area contributed by atoms with Gasteiger partial charge in [0.05, 0.1) is 7.11 Å². The topological polar surface area (TPSA) is 54.5 Å². The molecule has 1 amide bonds. The highest BCUT2D eigenvalue weighted by molar-refractivity contribution is 5.93. The highest BCUT2D eigenvalue weighted by atomic mass is 16.5. The number of hydrogen-bond donors (Lipinski definition) is 1. The Balaban J connectivity index is 1.67. The molecule has 5 nitrogen and oxygen atoms in total. The number of piperidine rings is 1. The second kappa shape index (κ2) is 8.01. The summed E-state index contributed by atoms with van der Waals surface area (Å²) in [6, 6.07) is 11.5. The van der Waals surface area contributed by atoms with Gasteiger partial charge in [-0.05, 0) is 37.0 Å². The lowest BCUT2D eigenvalue weighted by molar-refractivity contribution is 0.0945. The van der Waals surface area contributed by atoms with E-state index in [1.165, 1.54) is 12.8 Å². The van der Waals surface area contributed by atoms with Crippen LogP contribution in [0.2, 0.25) is 0 Å². The van der Waals surface area contributed by atoms with Crippen molar-refractivity contribution in [1.82, 2.24) is 10.3 Å². The molecule has 1 atom stereocenters. The number of rotatable bonds is 5. The summed E-state index contributed by atoms with van der Waals surface area (Å²) in [6.45, 7) is 4.76. The van der Waals surface area contributed by atoms with E-state index in [1.807, 2.05) is 36.4 Å². The van der Waals surface area contributed by atoms with Crippen LogP contribution < -0.4 is 15.0 Å². The zero-order chi connectivity index (χ0) is 17.6. The third-order valence-electron chi connectivity index (χ3n) is 4.63. The molecule has 1 fully saturated rings. The Morgan fingerprint density at radius 3 is 3.00 bits per heavy atom. The fraction of sp³-hybridized carbons (Fsp3) is 0.400. The van der Waals surface area contributed by atoms with E-state index in [9.17, 15) is 4.79 Å². The van der Waals surface area contributed by atoms with Crippen LogP contribution in [0.1, 0.15) is 35.8 Å². The summed E-state index contributed by atoms with van der Waals surface area (Å²) in [5.41, 5.74) is 2.47. The molecule has 1 aromatic heterocycles. The van der Waals surface area contributed by atoms with Crippen LogP contribution in [-0.4, -0.2) is 31.1 Å². The number of carbonyl (C=O) groups excluding carboxylic acids is 1. The number of nitrogens with zero attached hydrogens (tertiary/aromatic N) is 2. The van der Waals surface area contributed by atoms with Crippen LogP contribution in [0.15, 0.2) is 42.6 Å². The molecule has 1 unspecified atom stereocenters. The van der Waals surface area contributed by atoms with E-state index < -0.39 is 0 Å². The van der Waals surface area contributed by atoms with Crippen molar-refractivity contribution in [3.63, 3.8) is 0 Å². The number of anilines is 1. The average Bonchev–Trinajstić information content (AvgIpc) is 2.66. The Bertz CT molecular complexity index is 732. The number of hydrogen-bond acceptors (Lipinski definition) is 4. The first-order chi connectivity index (χ1) is 12.2. The van der Waals surface area contributed by atoms with Crippen LogP contribution >= 0.6 is 0 Å². The van der Waals surface area contributed by atoms with Gasteiger partial charge in [-0.1, -0.05) is 25.1 Å². The summed E-state index contributed by atoms with van der Waals surface area (Å²) >= 11 is 0. The summed E-state index contributed by atoms with van der Waals surface area (Å²) in [5.74, 6) is 1.29. The van der Waals surface area contributed by atoms with Crippen LogP contribution in [0.3, 0.4) is 0 Å². The fourth-order valence-corrected chi connectivity index (χ4v) is 3.28. The van der Waals surface area contributed by atoms with Gasteiger partial charge in [0.2, 0.25) is 0 Å². The second-order valence-corrected chi connectivity index (χ2v) is 6.59. The summed E-state index contributed by atoms with van der Waals surface area (Å²) in [7, 11) is 1.63. The van der Waals surface area contributed by atoms with E-state index in [1.54, 1.807) is 13.3 Å². The number of benzene rings is 1. The average molecular weight is 339 g/mol. The van der Waals surface area contributed by atoms with Gasteiger partial charge in [0.1, 0.15) is 11.4 Å². The molecule has 0 radical (unpaired) electrons. The number of nitrogens with one attached hydrogen (secondary N) is 1. The maximum absolute atomic E-state index is 12.5. The van der Waals surface area contributed by atoms with Crippen molar-refractivity contribution in [3.8, 4) is 5.75 Å². The predicted molar refractivity (Wildman–Crippen MR) is 99.0 cm³/mol. The Hall–Kier alpha value is -2.56.